The summed E-state index contributed by atoms with van der Waals surface area (Å²) in [5.41, 5.74) is 3.28. The van der Waals surface area contributed by atoms with Crippen LogP contribution in [0.25, 0.3) is 0 Å². The van der Waals surface area contributed by atoms with Gasteiger partial charge >= 0.3 is 0 Å². The maximum atomic E-state index is 4.35. The second-order valence-corrected chi connectivity index (χ2v) is 3.83. The Labute approximate surface area is 74.6 Å². The third-order valence-electron chi connectivity index (χ3n) is 2.92. The molecule has 0 aromatic heterocycles. The Morgan fingerprint density at radius 2 is 1.75 bits per heavy atom. The van der Waals surface area contributed by atoms with Crippen molar-refractivity contribution in [3.8, 4) is 0 Å². The summed E-state index contributed by atoms with van der Waals surface area (Å²) in [6, 6.07) is 0. The first-order valence-electron chi connectivity index (χ1n) is 5.17. The van der Waals surface area contributed by atoms with Crippen LogP contribution in [-0.4, -0.2) is 12.8 Å². The van der Waals surface area contributed by atoms with Crippen LogP contribution in [0.2, 0.25) is 0 Å². The topological polar surface area (TPSA) is 12.4 Å². The van der Waals surface area contributed by atoms with Gasteiger partial charge in [-0.3, -0.25) is 4.99 Å². The second kappa shape index (κ2) is 3.88. The van der Waals surface area contributed by atoms with Crippen LogP contribution >= 0.6 is 0 Å². The van der Waals surface area contributed by atoms with E-state index in [1.165, 1.54) is 44.9 Å². The van der Waals surface area contributed by atoms with Crippen molar-refractivity contribution in [2.24, 2.45) is 4.99 Å². The van der Waals surface area contributed by atoms with Gasteiger partial charge < -0.3 is 0 Å². The molecule has 66 valence electrons. The van der Waals surface area contributed by atoms with E-state index in [0.29, 0.717) is 0 Å². The van der Waals surface area contributed by atoms with E-state index < -0.39 is 0 Å². The Morgan fingerprint density at radius 1 is 0.917 bits per heavy atom. The molecule has 0 spiro atoms. The maximum absolute atomic E-state index is 4.35. The summed E-state index contributed by atoms with van der Waals surface area (Å²) in [7, 11) is 0. The summed E-state index contributed by atoms with van der Waals surface area (Å²) in [6.45, 7) is 1.04. The standard InChI is InChI=1S/C11H17N/c1-2-4-6-11-9-12-8-7-10(11)5-3-1/h9H,1-8H2. The van der Waals surface area contributed by atoms with Crippen molar-refractivity contribution in [3.05, 3.63) is 11.1 Å². The minimum atomic E-state index is 1.04. The lowest BCUT2D eigenvalue weighted by atomic mass is 9.91. The van der Waals surface area contributed by atoms with Gasteiger partial charge in [-0.15, -0.1) is 0 Å². The van der Waals surface area contributed by atoms with Crippen molar-refractivity contribution in [3.63, 3.8) is 0 Å². The molecule has 1 heteroatoms. The smallest absolute Gasteiger partial charge is 0.0426 e. The van der Waals surface area contributed by atoms with Gasteiger partial charge in [0.15, 0.2) is 0 Å². The second-order valence-electron chi connectivity index (χ2n) is 3.83. The molecule has 12 heavy (non-hydrogen) atoms. The van der Waals surface area contributed by atoms with E-state index in [9.17, 15) is 0 Å². The lowest BCUT2D eigenvalue weighted by Crippen LogP contribution is -2.04. The Bertz CT molecular complexity index is 213. The first kappa shape index (κ1) is 8.03. The third-order valence-corrected chi connectivity index (χ3v) is 2.92. The molecule has 1 heterocycles. The number of hydrogen-bond acceptors (Lipinski definition) is 1. The average Bonchev–Trinajstić information content (AvgIpc) is 2.06. The molecule has 1 aliphatic heterocycles. The summed E-state index contributed by atoms with van der Waals surface area (Å²) in [5, 5.41) is 0. The molecule has 1 nitrogen and oxygen atoms in total. The molecule has 2 rings (SSSR count). The number of allylic oxidation sites excluding steroid dienone is 1. The number of aliphatic imine (C=N–C) groups is 1. The highest BCUT2D eigenvalue weighted by Gasteiger charge is 2.10. The minimum Gasteiger partial charge on any atom is -0.293 e. The summed E-state index contributed by atoms with van der Waals surface area (Å²) in [4.78, 5) is 4.35. The van der Waals surface area contributed by atoms with Crippen molar-refractivity contribution in [2.75, 3.05) is 6.54 Å². The Balaban J connectivity index is 2.12. The number of nitrogens with zero attached hydrogens (tertiary/aromatic N) is 1. The molecule has 0 atom stereocenters. The molecule has 0 aromatic rings. The summed E-state index contributed by atoms with van der Waals surface area (Å²) in [6.07, 6.45) is 11.7. The molecule has 0 fully saturated rings. The van der Waals surface area contributed by atoms with Gasteiger partial charge in [0.1, 0.15) is 0 Å². The van der Waals surface area contributed by atoms with E-state index in [1.807, 2.05) is 0 Å². The van der Waals surface area contributed by atoms with E-state index in [-0.39, 0.29) is 0 Å². The first-order chi connectivity index (χ1) is 5.97. The predicted molar refractivity (Wildman–Crippen MR) is 52.7 cm³/mol. The number of hydrogen-bond donors (Lipinski definition) is 0. The number of dihydropyridines is 1. The quantitative estimate of drug-likeness (QED) is 0.520. The van der Waals surface area contributed by atoms with Gasteiger partial charge in [-0.2, -0.15) is 0 Å². The monoisotopic (exact) mass is 163 g/mol. The molecule has 0 unspecified atom stereocenters. The van der Waals surface area contributed by atoms with E-state index >= 15 is 0 Å². The zero-order valence-electron chi connectivity index (χ0n) is 7.68. The van der Waals surface area contributed by atoms with E-state index in [4.69, 9.17) is 0 Å². The van der Waals surface area contributed by atoms with Crippen LogP contribution in [0, 0.1) is 0 Å². The predicted octanol–water partition coefficient (Wildman–Crippen LogP) is 3.11. The fourth-order valence-corrected chi connectivity index (χ4v) is 2.16. The van der Waals surface area contributed by atoms with E-state index in [0.717, 1.165) is 6.54 Å². The number of rotatable bonds is 0. The molecule has 2 aliphatic rings. The maximum Gasteiger partial charge on any atom is 0.0426 e. The highest BCUT2D eigenvalue weighted by molar-refractivity contribution is 5.80. The zero-order valence-corrected chi connectivity index (χ0v) is 7.68. The van der Waals surface area contributed by atoms with Crippen molar-refractivity contribution < 1.29 is 0 Å². The Kier molecular flexibility index (Phi) is 2.60. The van der Waals surface area contributed by atoms with Crippen molar-refractivity contribution in [1.82, 2.24) is 0 Å². The van der Waals surface area contributed by atoms with Crippen LogP contribution in [0.5, 0.6) is 0 Å². The highest BCUT2D eigenvalue weighted by Crippen LogP contribution is 2.26. The van der Waals surface area contributed by atoms with Gasteiger partial charge in [-0.25, -0.2) is 0 Å². The van der Waals surface area contributed by atoms with Crippen LogP contribution < -0.4 is 0 Å². The molecular weight excluding hydrogens is 146 g/mol. The first-order valence-corrected chi connectivity index (χ1v) is 5.17. The van der Waals surface area contributed by atoms with Gasteiger partial charge in [-0.05, 0) is 37.7 Å². The lowest BCUT2D eigenvalue weighted by molar-refractivity contribution is 0.606. The fraction of sp³-hybridized carbons (Fsp3) is 0.727. The summed E-state index contributed by atoms with van der Waals surface area (Å²) >= 11 is 0. The van der Waals surface area contributed by atoms with E-state index in [1.54, 1.807) is 11.1 Å². The third kappa shape index (κ3) is 1.77. The van der Waals surface area contributed by atoms with Crippen LogP contribution in [-0.2, 0) is 0 Å². The highest BCUT2D eigenvalue weighted by atomic mass is 14.7. The van der Waals surface area contributed by atoms with Crippen LogP contribution in [0.3, 0.4) is 0 Å². The molecule has 0 saturated carbocycles. The van der Waals surface area contributed by atoms with E-state index in [2.05, 4.69) is 11.2 Å². The van der Waals surface area contributed by atoms with Gasteiger partial charge in [0.2, 0.25) is 0 Å². The van der Waals surface area contributed by atoms with Gasteiger partial charge in [-0.1, -0.05) is 18.4 Å². The average molecular weight is 163 g/mol. The van der Waals surface area contributed by atoms with Gasteiger partial charge in [0, 0.05) is 12.8 Å². The fourth-order valence-electron chi connectivity index (χ4n) is 2.16. The largest absolute Gasteiger partial charge is 0.293 e. The van der Waals surface area contributed by atoms with Crippen LogP contribution in [0.15, 0.2) is 16.1 Å². The van der Waals surface area contributed by atoms with Crippen molar-refractivity contribution in [2.45, 2.75) is 44.9 Å². The molecule has 1 aliphatic carbocycles. The zero-order chi connectivity index (χ0) is 8.23. The minimum absolute atomic E-state index is 1.04. The SMILES string of the molecule is C1=NCCC2=C1CCCCCC2. The van der Waals surface area contributed by atoms with Gasteiger partial charge in [0.25, 0.3) is 0 Å². The van der Waals surface area contributed by atoms with Crippen molar-refractivity contribution in [1.29, 1.82) is 0 Å². The Morgan fingerprint density at radius 3 is 2.67 bits per heavy atom. The molecule has 0 bridgehead atoms. The molecular formula is C11H17N. The molecule has 0 saturated heterocycles. The molecule has 0 aromatic carbocycles. The molecule has 0 N–H and O–H groups in total. The Hall–Kier alpha value is -0.590. The van der Waals surface area contributed by atoms with Crippen LogP contribution in [0.4, 0.5) is 0 Å². The molecule has 0 radical (unpaired) electrons. The lowest BCUT2D eigenvalue weighted by Gasteiger charge is -2.18. The molecule has 0 amide bonds. The normalized spacial score (nSPS) is 24.7. The van der Waals surface area contributed by atoms with Crippen LogP contribution in [0.1, 0.15) is 44.9 Å². The summed E-state index contributed by atoms with van der Waals surface area (Å²) < 4.78 is 0. The summed E-state index contributed by atoms with van der Waals surface area (Å²) in [5.74, 6) is 0. The van der Waals surface area contributed by atoms with Gasteiger partial charge in [0.05, 0.1) is 0 Å². The van der Waals surface area contributed by atoms with Crippen molar-refractivity contribution >= 4 is 6.21 Å².